The summed E-state index contributed by atoms with van der Waals surface area (Å²) in [6.07, 6.45) is 0. The summed E-state index contributed by atoms with van der Waals surface area (Å²) < 4.78 is 0. The Bertz CT molecular complexity index is 1210. The number of carbonyl (C=O) groups excluding carboxylic acids is 1. The first-order chi connectivity index (χ1) is 15.2. The summed E-state index contributed by atoms with van der Waals surface area (Å²) in [6.45, 7) is 0.710. The number of aromatic amines is 1. The lowest BCUT2D eigenvalue weighted by Crippen LogP contribution is -2.33. The summed E-state index contributed by atoms with van der Waals surface area (Å²) in [7, 11) is 0. The number of fused-ring (bicyclic) bond motifs is 1. The van der Waals surface area contributed by atoms with Crippen molar-refractivity contribution in [3.63, 3.8) is 0 Å². The quantitative estimate of drug-likeness (QED) is 0.451. The van der Waals surface area contributed by atoms with Crippen molar-refractivity contribution in [3.8, 4) is 0 Å². The highest BCUT2D eigenvalue weighted by Crippen LogP contribution is 2.15. The molecule has 6 heteroatoms. The van der Waals surface area contributed by atoms with Gasteiger partial charge in [-0.1, -0.05) is 72.8 Å². The first-order valence-corrected chi connectivity index (χ1v) is 11.3. The zero-order valence-corrected chi connectivity index (χ0v) is 17.8. The molecular weight excluding hydrogens is 406 g/mol. The van der Waals surface area contributed by atoms with E-state index < -0.39 is 0 Å². The molecular formula is C25H23N3O2S. The lowest BCUT2D eigenvalue weighted by molar-refractivity contribution is -0.129. The maximum atomic E-state index is 13.1. The predicted octanol–water partition coefficient (Wildman–Crippen LogP) is 4.39. The monoisotopic (exact) mass is 429 g/mol. The highest BCUT2D eigenvalue weighted by atomic mass is 32.2. The molecule has 0 fully saturated rings. The van der Waals surface area contributed by atoms with Crippen LogP contribution in [0.1, 0.15) is 17.0 Å². The molecule has 0 radical (unpaired) electrons. The van der Waals surface area contributed by atoms with Crippen LogP contribution in [-0.2, 0) is 23.6 Å². The molecule has 0 unspecified atom stereocenters. The smallest absolute Gasteiger partial charge is 0.258 e. The first-order valence-electron chi connectivity index (χ1n) is 10.1. The third kappa shape index (κ3) is 5.61. The molecule has 156 valence electrons. The van der Waals surface area contributed by atoms with Crippen LogP contribution in [0.5, 0.6) is 0 Å². The Morgan fingerprint density at radius 1 is 0.839 bits per heavy atom. The largest absolute Gasteiger partial charge is 0.330 e. The highest BCUT2D eigenvalue weighted by molar-refractivity contribution is 7.99. The molecule has 5 nitrogen and oxygen atoms in total. The third-order valence-corrected chi connectivity index (χ3v) is 5.90. The molecule has 3 aromatic carbocycles. The summed E-state index contributed by atoms with van der Waals surface area (Å²) >= 11 is 1.59. The number of benzene rings is 3. The van der Waals surface area contributed by atoms with Crippen LogP contribution in [0, 0.1) is 0 Å². The first kappa shape index (κ1) is 20.9. The minimum absolute atomic E-state index is 0.0144. The highest BCUT2D eigenvalue weighted by Gasteiger charge is 2.17. The maximum Gasteiger partial charge on any atom is 0.258 e. The van der Waals surface area contributed by atoms with Crippen LogP contribution in [-0.4, -0.2) is 26.5 Å². The van der Waals surface area contributed by atoms with E-state index in [-0.39, 0.29) is 18.0 Å². The van der Waals surface area contributed by atoms with Crippen molar-refractivity contribution in [2.24, 2.45) is 0 Å². The average Bonchev–Trinajstić information content (AvgIpc) is 2.80. The molecule has 1 heterocycles. The number of aromatic nitrogens is 2. The number of hydrogen-bond acceptors (Lipinski definition) is 4. The number of rotatable bonds is 8. The predicted molar refractivity (Wildman–Crippen MR) is 126 cm³/mol. The van der Waals surface area contributed by atoms with Crippen LogP contribution in [0.4, 0.5) is 0 Å². The fraction of sp³-hybridized carbons (Fsp3) is 0.160. The third-order valence-electron chi connectivity index (χ3n) is 4.91. The van der Waals surface area contributed by atoms with Gasteiger partial charge in [0.1, 0.15) is 5.82 Å². The van der Waals surface area contributed by atoms with Crippen LogP contribution < -0.4 is 5.56 Å². The number of amides is 1. The van der Waals surface area contributed by atoms with Gasteiger partial charge in [0.25, 0.3) is 5.56 Å². The fourth-order valence-electron chi connectivity index (χ4n) is 3.35. The molecule has 0 bridgehead atoms. The molecule has 0 aliphatic heterocycles. The van der Waals surface area contributed by atoms with Gasteiger partial charge in [0.15, 0.2) is 0 Å². The van der Waals surface area contributed by atoms with Gasteiger partial charge in [-0.05, 0) is 23.3 Å². The zero-order valence-electron chi connectivity index (χ0n) is 17.0. The van der Waals surface area contributed by atoms with Crippen LogP contribution in [0.3, 0.4) is 0 Å². The van der Waals surface area contributed by atoms with Gasteiger partial charge in [-0.15, -0.1) is 11.8 Å². The SMILES string of the molecule is O=C(CSCc1ccccc1)N(Cc1ccccc1)Cc1nc2ccccc2c(=O)[nH]1. The number of hydrogen-bond donors (Lipinski definition) is 1. The molecule has 1 aromatic heterocycles. The number of para-hydroxylation sites is 1. The Morgan fingerprint density at radius 2 is 1.48 bits per heavy atom. The van der Waals surface area contributed by atoms with E-state index >= 15 is 0 Å². The van der Waals surface area contributed by atoms with E-state index in [4.69, 9.17) is 0 Å². The number of carbonyl (C=O) groups is 1. The second-order valence-corrected chi connectivity index (χ2v) is 8.23. The van der Waals surface area contributed by atoms with Gasteiger partial charge in [-0.25, -0.2) is 4.98 Å². The standard InChI is InChI=1S/C25H23N3O2S/c29-24(18-31-17-20-11-5-2-6-12-20)28(15-19-9-3-1-4-10-19)16-23-26-22-14-8-7-13-21(22)25(30)27-23/h1-14H,15-18H2,(H,26,27,30). The fourth-order valence-corrected chi connectivity index (χ4v) is 4.24. The van der Waals surface area contributed by atoms with Crippen molar-refractivity contribution < 1.29 is 4.79 Å². The summed E-state index contributed by atoms with van der Waals surface area (Å²) in [5.74, 6) is 1.64. The number of thioether (sulfide) groups is 1. The molecule has 4 rings (SSSR count). The summed E-state index contributed by atoms with van der Waals surface area (Å²) in [5, 5.41) is 0.547. The van der Waals surface area contributed by atoms with Crippen molar-refractivity contribution in [2.75, 3.05) is 5.75 Å². The lowest BCUT2D eigenvalue weighted by Gasteiger charge is -2.22. The molecule has 0 aliphatic carbocycles. The Labute approximate surface area is 185 Å². The van der Waals surface area contributed by atoms with Crippen molar-refractivity contribution in [2.45, 2.75) is 18.8 Å². The normalized spacial score (nSPS) is 10.8. The van der Waals surface area contributed by atoms with Crippen molar-refractivity contribution in [1.82, 2.24) is 14.9 Å². The number of nitrogens with one attached hydrogen (secondary N) is 1. The second kappa shape index (κ2) is 10.1. The minimum atomic E-state index is -0.189. The molecule has 31 heavy (non-hydrogen) atoms. The Morgan fingerprint density at radius 3 is 2.23 bits per heavy atom. The molecule has 4 aromatic rings. The van der Waals surface area contributed by atoms with E-state index in [1.807, 2.05) is 66.7 Å². The maximum absolute atomic E-state index is 13.1. The van der Waals surface area contributed by atoms with E-state index in [0.29, 0.717) is 29.0 Å². The Balaban J connectivity index is 1.51. The summed E-state index contributed by atoms with van der Waals surface area (Å²) in [4.78, 5) is 34.7. The average molecular weight is 430 g/mol. The summed E-state index contributed by atoms with van der Waals surface area (Å²) in [6, 6.07) is 27.2. The number of nitrogens with zero attached hydrogens (tertiary/aromatic N) is 2. The van der Waals surface area contributed by atoms with Gasteiger partial charge in [-0.2, -0.15) is 0 Å². The molecule has 1 N–H and O–H groups in total. The van der Waals surface area contributed by atoms with Crippen molar-refractivity contribution in [3.05, 3.63) is 112 Å². The lowest BCUT2D eigenvalue weighted by atomic mass is 10.2. The van der Waals surface area contributed by atoms with Gasteiger partial charge in [0.2, 0.25) is 5.91 Å². The van der Waals surface area contributed by atoms with Crippen LogP contribution in [0.2, 0.25) is 0 Å². The molecule has 0 saturated heterocycles. The Kier molecular flexibility index (Phi) is 6.79. The van der Waals surface area contributed by atoms with Crippen LogP contribution >= 0.6 is 11.8 Å². The molecule has 0 atom stereocenters. The zero-order chi connectivity index (χ0) is 21.5. The molecule has 0 aliphatic rings. The molecule has 0 spiro atoms. The van der Waals surface area contributed by atoms with E-state index in [2.05, 4.69) is 22.1 Å². The second-order valence-electron chi connectivity index (χ2n) is 7.24. The van der Waals surface area contributed by atoms with E-state index in [0.717, 1.165) is 11.3 Å². The van der Waals surface area contributed by atoms with Gasteiger partial charge in [-0.3, -0.25) is 9.59 Å². The summed E-state index contributed by atoms with van der Waals surface area (Å²) in [5.41, 5.74) is 2.67. The van der Waals surface area contributed by atoms with E-state index in [1.165, 1.54) is 5.56 Å². The van der Waals surface area contributed by atoms with Gasteiger partial charge >= 0.3 is 0 Å². The van der Waals surface area contributed by atoms with Crippen molar-refractivity contribution in [1.29, 1.82) is 0 Å². The Hall–Kier alpha value is -3.38. The minimum Gasteiger partial charge on any atom is -0.330 e. The van der Waals surface area contributed by atoms with E-state index in [9.17, 15) is 9.59 Å². The molecule has 1 amide bonds. The van der Waals surface area contributed by atoms with Crippen molar-refractivity contribution >= 4 is 28.6 Å². The number of H-pyrrole nitrogens is 1. The van der Waals surface area contributed by atoms with Crippen LogP contribution in [0.25, 0.3) is 10.9 Å². The molecule has 0 saturated carbocycles. The van der Waals surface area contributed by atoms with Gasteiger partial charge in [0, 0.05) is 12.3 Å². The van der Waals surface area contributed by atoms with Crippen LogP contribution in [0.15, 0.2) is 89.7 Å². The topological polar surface area (TPSA) is 66.1 Å². The van der Waals surface area contributed by atoms with E-state index in [1.54, 1.807) is 22.7 Å². The van der Waals surface area contributed by atoms with Gasteiger partial charge in [0.05, 0.1) is 23.2 Å². The van der Waals surface area contributed by atoms with Gasteiger partial charge < -0.3 is 9.88 Å².